The maximum absolute atomic E-state index is 13.7. The van der Waals surface area contributed by atoms with Crippen LogP contribution in [0.3, 0.4) is 0 Å². The number of hydrogen-bond donors (Lipinski definition) is 1. The zero-order chi connectivity index (χ0) is 17.5. The molecule has 0 aliphatic heterocycles. The van der Waals surface area contributed by atoms with Crippen LogP contribution in [-0.2, 0) is 13.2 Å². The molecule has 0 spiro atoms. The van der Waals surface area contributed by atoms with E-state index in [1.165, 1.54) is 11.6 Å². The summed E-state index contributed by atoms with van der Waals surface area (Å²) >= 11 is 0. The Hall–Kier alpha value is -2.65. The summed E-state index contributed by atoms with van der Waals surface area (Å²) in [7, 11) is 0. The molecule has 128 valence electrons. The van der Waals surface area contributed by atoms with Crippen molar-refractivity contribution in [1.82, 2.24) is 5.32 Å². The second kappa shape index (κ2) is 8.45. The molecule has 0 aromatic heterocycles. The molecule has 0 aliphatic carbocycles. The highest BCUT2D eigenvalue weighted by Crippen LogP contribution is 2.18. The Morgan fingerprint density at radius 1 is 0.920 bits per heavy atom. The van der Waals surface area contributed by atoms with Crippen LogP contribution in [0.4, 0.5) is 4.39 Å². The van der Waals surface area contributed by atoms with Crippen LogP contribution in [0.1, 0.15) is 29.7 Å². The second-order valence-corrected chi connectivity index (χ2v) is 6.04. The van der Waals surface area contributed by atoms with Gasteiger partial charge in [0.1, 0.15) is 18.2 Å². The lowest BCUT2D eigenvalue weighted by molar-refractivity contribution is 0.299. The van der Waals surface area contributed by atoms with Crippen LogP contribution < -0.4 is 10.1 Å². The average molecular weight is 335 g/mol. The number of halogens is 1. The van der Waals surface area contributed by atoms with Gasteiger partial charge in [-0.25, -0.2) is 4.39 Å². The van der Waals surface area contributed by atoms with Crippen LogP contribution in [0, 0.1) is 5.82 Å². The van der Waals surface area contributed by atoms with E-state index in [1.807, 2.05) is 42.5 Å². The van der Waals surface area contributed by atoms with Crippen molar-refractivity contribution >= 4 is 0 Å². The molecule has 1 N–H and O–H groups in total. The Labute approximate surface area is 148 Å². The van der Waals surface area contributed by atoms with E-state index >= 15 is 0 Å². The standard InChI is InChI=1S/C22H22FNO/c1-17(19-9-3-2-4-10-19)24-15-18-8-7-12-21(14-18)25-16-20-11-5-6-13-22(20)23/h2-14,17,24H,15-16H2,1H3. The average Bonchev–Trinajstić information content (AvgIpc) is 2.66. The van der Waals surface area contributed by atoms with Crippen LogP contribution in [0.25, 0.3) is 0 Å². The van der Waals surface area contributed by atoms with E-state index in [4.69, 9.17) is 4.74 Å². The van der Waals surface area contributed by atoms with Crippen LogP contribution in [0.15, 0.2) is 78.9 Å². The van der Waals surface area contributed by atoms with Crippen molar-refractivity contribution < 1.29 is 9.13 Å². The first kappa shape index (κ1) is 17.2. The number of ether oxygens (including phenoxy) is 1. The monoisotopic (exact) mass is 335 g/mol. The molecule has 3 aromatic carbocycles. The molecule has 0 fully saturated rings. The van der Waals surface area contributed by atoms with E-state index in [0.717, 1.165) is 17.9 Å². The van der Waals surface area contributed by atoms with Gasteiger partial charge in [0.15, 0.2) is 0 Å². The summed E-state index contributed by atoms with van der Waals surface area (Å²) in [5, 5.41) is 3.51. The van der Waals surface area contributed by atoms with Gasteiger partial charge in [0.25, 0.3) is 0 Å². The van der Waals surface area contributed by atoms with E-state index < -0.39 is 0 Å². The summed E-state index contributed by atoms with van der Waals surface area (Å²) in [6.45, 7) is 3.12. The minimum absolute atomic E-state index is 0.226. The van der Waals surface area contributed by atoms with Crippen LogP contribution in [0.2, 0.25) is 0 Å². The quantitative estimate of drug-likeness (QED) is 0.636. The Morgan fingerprint density at radius 2 is 1.68 bits per heavy atom. The minimum atomic E-state index is -0.239. The first-order chi connectivity index (χ1) is 12.2. The summed E-state index contributed by atoms with van der Waals surface area (Å²) in [6.07, 6.45) is 0. The summed E-state index contributed by atoms with van der Waals surface area (Å²) in [4.78, 5) is 0. The van der Waals surface area contributed by atoms with Crippen molar-refractivity contribution in [3.05, 3.63) is 101 Å². The molecule has 0 saturated carbocycles. The normalized spacial score (nSPS) is 11.9. The molecule has 0 saturated heterocycles. The molecule has 3 rings (SSSR count). The smallest absolute Gasteiger partial charge is 0.129 e. The lowest BCUT2D eigenvalue weighted by atomic mass is 10.1. The maximum atomic E-state index is 13.7. The van der Waals surface area contributed by atoms with Crippen molar-refractivity contribution in [2.45, 2.75) is 26.1 Å². The molecule has 3 heteroatoms. The van der Waals surface area contributed by atoms with Gasteiger partial charge < -0.3 is 10.1 Å². The zero-order valence-corrected chi connectivity index (χ0v) is 14.3. The van der Waals surface area contributed by atoms with Gasteiger partial charge >= 0.3 is 0 Å². The Morgan fingerprint density at radius 3 is 2.48 bits per heavy atom. The molecular weight excluding hydrogens is 313 g/mol. The van der Waals surface area contributed by atoms with Crippen LogP contribution in [-0.4, -0.2) is 0 Å². The highest BCUT2D eigenvalue weighted by atomic mass is 19.1. The van der Waals surface area contributed by atoms with Crippen molar-refractivity contribution in [2.24, 2.45) is 0 Å². The van der Waals surface area contributed by atoms with Crippen molar-refractivity contribution in [2.75, 3.05) is 0 Å². The van der Waals surface area contributed by atoms with E-state index in [0.29, 0.717) is 5.56 Å². The van der Waals surface area contributed by atoms with Crippen LogP contribution in [0.5, 0.6) is 5.75 Å². The molecule has 1 atom stereocenters. The number of rotatable bonds is 7. The summed E-state index contributed by atoms with van der Waals surface area (Å²) in [5.41, 5.74) is 2.95. The van der Waals surface area contributed by atoms with Gasteiger partial charge in [0.2, 0.25) is 0 Å². The SMILES string of the molecule is CC(NCc1cccc(OCc2ccccc2F)c1)c1ccccc1. The van der Waals surface area contributed by atoms with Gasteiger partial charge in [-0.1, -0.05) is 60.7 Å². The lowest BCUT2D eigenvalue weighted by Gasteiger charge is -2.15. The van der Waals surface area contributed by atoms with Crippen molar-refractivity contribution in [1.29, 1.82) is 0 Å². The summed E-state index contributed by atoms with van der Waals surface area (Å²) < 4.78 is 19.4. The van der Waals surface area contributed by atoms with Gasteiger partial charge in [-0.2, -0.15) is 0 Å². The van der Waals surface area contributed by atoms with E-state index in [2.05, 4.69) is 30.4 Å². The van der Waals surface area contributed by atoms with Gasteiger partial charge in [-0.05, 0) is 36.2 Å². The van der Waals surface area contributed by atoms with Gasteiger partial charge in [0.05, 0.1) is 0 Å². The van der Waals surface area contributed by atoms with E-state index in [9.17, 15) is 4.39 Å². The molecule has 0 bridgehead atoms. The molecule has 3 aromatic rings. The van der Waals surface area contributed by atoms with E-state index in [1.54, 1.807) is 12.1 Å². The first-order valence-electron chi connectivity index (χ1n) is 8.46. The fraction of sp³-hybridized carbons (Fsp3) is 0.182. The van der Waals surface area contributed by atoms with Gasteiger partial charge in [-0.3, -0.25) is 0 Å². The summed E-state index contributed by atoms with van der Waals surface area (Å²) in [5.74, 6) is 0.506. The van der Waals surface area contributed by atoms with E-state index in [-0.39, 0.29) is 18.5 Å². The molecule has 0 heterocycles. The number of nitrogens with one attached hydrogen (secondary N) is 1. The van der Waals surface area contributed by atoms with Crippen molar-refractivity contribution in [3.8, 4) is 5.75 Å². The zero-order valence-electron chi connectivity index (χ0n) is 14.3. The molecule has 0 amide bonds. The molecule has 1 unspecified atom stereocenters. The minimum Gasteiger partial charge on any atom is -0.489 e. The third kappa shape index (κ3) is 4.91. The highest BCUT2D eigenvalue weighted by Gasteiger charge is 2.05. The van der Waals surface area contributed by atoms with Gasteiger partial charge in [0, 0.05) is 18.2 Å². The lowest BCUT2D eigenvalue weighted by Crippen LogP contribution is -2.17. The number of benzene rings is 3. The largest absolute Gasteiger partial charge is 0.489 e. The fourth-order valence-electron chi connectivity index (χ4n) is 2.65. The second-order valence-electron chi connectivity index (χ2n) is 6.04. The number of hydrogen-bond acceptors (Lipinski definition) is 2. The predicted octanol–water partition coefficient (Wildman–Crippen LogP) is 5.26. The third-order valence-corrected chi connectivity index (χ3v) is 4.16. The summed E-state index contributed by atoms with van der Waals surface area (Å²) in [6, 6.07) is 25.2. The maximum Gasteiger partial charge on any atom is 0.129 e. The van der Waals surface area contributed by atoms with Crippen LogP contribution >= 0.6 is 0 Å². The highest BCUT2D eigenvalue weighted by molar-refractivity contribution is 5.29. The molecule has 2 nitrogen and oxygen atoms in total. The topological polar surface area (TPSA) is 21.3 Å². The first-order valence-corrected chi connectivity index (χ1v) is 8.46. The molecule has 0 radical (unpaired) electrons. The molecule has 0 aliphatic rings. The Kier molecular flexibility index (Phi) is 5.81. The fourth-order valence-corrected chi connectivity index (χ4v) is 2.65. The molecule has 25 heavy (non-hydrogen) atoms. The van der Waals surface area contributed by atoms with Crippen molar-refractivity contribution in [3.63, 3.8) is 0 Å². The van der Waals surface area contributed by atoms with Gasteiger partial charge in [-0.15, -0.1) is 0 Å². The molecular formula is C22H22FNO. The Bertz CT molecular complexity index is 804. The third-order valence-electron chi connectivity index (χ3n) is 4.16. The predicted molar refractivity (Wildman–Crippen MR) is 98.9 cm³/mol. The Balaban J connectivity index is 1.57.